The SMILES string of the molecule is CC(C)CCCC(C)C1CCC2C3CC=C4CC(Oc5ccnc(CN6CCCC6C6CCCN6Cc6cc(N(C)C)ccn6)c5)CCC4(C)C3CCC12C. The lowest BCUT2D eigenvalue weighted by atomic mass is 9.47. The number of aromatic nitrogens is 2. The molecule has 55 heavy (non-hydrogen) atoms. The number of hydrogen-bond donors (Lipinski definition) is 0. The summed E-state index contributed by atoms with van der Waals surface area (Å²) in [6.45, 7) is 17.0. The van der Waals surface area contributed by atoms with Gasteiger partial charge in [0.25, 0.3) is 0 Å². The Morgan fingerprint density at radius 2 is 1.53 bits per heavy atom. The van der Waals surface area contributed by atoms with Gasteiger partial charge in [-0.3, -0.25) is 19.8 Å². The lowest BCUT2D eigenvalue weighted by molar-refractivity contribution is -0.0559. The highest BCUT2D eigenvalue weighted by molar-refractivity contribution is 5.44. The molecule has 2 aromatic rings. The van der Waals surface area contributed by atoms with Crippen LogP contribution >= 0.6 is 0 Å². The molecule has 10 unspecified atom stereocenters. The number of likely N-dealkylation sites (tertiary alicyclic amines) is 2. The van der Waals surface area contributed by atoms with Crippen LogP contribution in [0.5, 0.6) is 5.75 Å². The van der Waals surface area contributed by atoms with E-state index >= 15 is 0 Å². The van der Waals surface area contributed by atoms with E-state index in [4.69, 9.17) is 14.7 Å². The Kier molecular flexibility index (Phi) is 11.8. The van der Waals surface area contributed by atoms with Crippen LogP contribution in [0.2, 0.25) is 0 Å². The third kappa shape index (κ3) is 8.03. The lowest BCUT2D eigenvalue weighted by Crippen LogP contribution is -2.51. The molecule has 4 aliphatic carbocycles. The van der Waals surface area contributed by atoms with Crippen molar-refractivity contribution < 1.29 is 4.74 Å². The van der Waals surface area contributed by atoms with Crippen molar-refractivity contribution in [3.63, 3.8) is 0 Å². The van der Waals surface area contributed by atoms with Gasteiger partial charge in [0.05, 0.1) is 11.4 Å². The third-order valence-electron chi connectivity index (χ3n) is 16.7. The quantitative estimate of drug-likeness (QED) is 0.190. The van der Waals surface area contributed by atoms with Gasteiger partial charge in [-0.1, -0.05) is 65.5 Å². The van der Waals surface area contributed by atoms with Crippen LogP contribution < -0.4 is 9.64 Å². The molecule has 5 fully saturated rings. The van der Waals surface area contributed by atoms with Gasteiger partial charge in [0.1, 0.15) is 11.9 Å². The second kappa shape index (κ2) is 16.4. The van der Waals surface area contributed by atoms with Gasteiger partial charge < -0.3 is 9.64 Å². The molecule has 6 heteroatoms. The predicted octanol–water partition coefficient (Wildman–Crippen LogP) is 11.0. The number of nitrogens with zero attached hydrogens (tertiary/aromatic N) is 5. The molecular weight excluding hydrogens is 675 g/mol. The van der Waals surface area contributed by atoms with Crippen molar-refractivity contribution >= 4 is 5.69 Å². The zero-order valence-electron chi connectivity index (χ0n) is 35.8. The van der Waals surface area contributed by atoms with Crippen molar-refractivity contribution in [3.8, 4) is 5.75 Å². The molecule has 0 N–H and O–H groups in total. The first-order valence-electron chi connectivity index (χ1n) is 22.9. The fourth-order valence-electron chi connectivity index (χ4n) is 13.8. The summed E-state index contributed by atoms with van der Waals surface area (Å²) >= 11 is 0. The van der Waals surface area contributed by atoms with Crippen LogP contribution in [0.25, 0.3) is 0 Å². The molecule has 6 nitrogen and oxygen atoms in total. The highest BCUT2D eigenvalue weighted by atomic mass is 16.5. The standard InChI is InChI=1S/C49H75N5O/c1-34(2)11-8-12-35(3)43-17-18-44-42-16-15-36-29-40(19-23-48(36,4)45(42)20-24-49(43,44)5)55-41-22-26-51-38(31-41)33-54-28-10-14-47(54)46-13-9-27-53(46)32-37-30-39(52(6)7)21-25-50-37/h15,21-22,25-26,30-31,34-35,40,42-47H,8-14,16-20,23-24,27-29,32-33H2,1-7H3. The maximum absolute atomic E-state index is 6.88. The molecular formula is C49H75N5O. The molecule has 0 spiro atoms. The van der Waals surface area contributed by atoms with Gasteiger partial charge in [0, 0.05) is 69.8 Å². The second-order valence-electron chi connectivity index (χ2n) is 20.5. The summed E-state index contributed by atoms with van der Waals surface area (Å²) < 4.78 is 6.88. The molecule has 3 saturated carbocycles. The molecule has 0 aromatic carbocycles. The molecule has 10 atom stereocenters. The van der Waals surface area contributed by atoms with Gasteiger partial charge in [-0.05, 0) is 148 Å². The molecule has 6 aliphatic rings. The number of fused-ring (bicyclic) bond motifs is 5. The highest BCUT2D eigenvalue weighted by Crippen LogP contribution is 2.67. The van der Waals surface area contributed by atoms with Gasteiger partial charge in [-0.15, -0.1) is 0 Å². The largest absolute Gasteiger partial charge is 0.490 e. The van der Waals surface area contributed by atoms with Gasteiger partial charge in [-0.25, -0.2) is 0 Å². The zero-order chi connectivity index (χ0) is 38.3. The summed E-state index contributed by atoms with van der Waals surface area (Å²) in [6.07, 6.45) is 27.0. The van der Waals surface area contributed by atoms with Crippen LogP contribution in [0, 0.1) is 46.3 Å². The highest BCUT2D eigenvalue weighted by Gasteiger charge is 2.59. The van der Waals surface area contributed by atoms with E-state index in [-0.39, 0.29) is 6.10 Å². The van der Waals surface area contributed by atoms with E-state index in [0.29, 0.717) is 22.9 Å². The van der Waals surface area contributed by atoms with E-state index < -0.39 is 0 Å². The number of anilines is 1. The van der Waals surface area contributed by atoms with E-state index in [1.165, 1.54) is 108 Å². The molecule has 0 bridgehead atoms. The third-order valence-corrected chi connectivity index (χ3v) is 16.7. The minimum absolute atomic E-state index is 0.272. The Hall–Kier alpha value is -2.44. The Bertz CT molecular complexity index is 1640. The van der Waals surface area contributed by atoms with Crippen LogP contribution in [0.15, 0.2) is 48.3 Å². The average Bonchev–Trinajstić information content (AvgIpc) is 3.90. The van der Waals surface area contributed by atoms with Crippen molar-refractivity contribution in [2.75, 3.05) is 32.1 Å². The molecule has 2 aliphatic heterocycles. The van der Waals surface area contributed by atoms with Crippen LogP contribution in [0.4, 0.5) is 5.69 Å². The van der Waals surface area contributed by atoms with E-state index in [0.717, 1.165) is 73.0 Å². The average molecular weight is 750 g/mol. The molecule has 2 saturated heterocycles. The summed E-state index contributed by atoms with van der Waals surface area (Å²) in [7, 11) is 4.22. The molecule has 8 rings (SSSR count). The minimum atomic E-state index is 0.272. The number of hydrogen-bond acceptors (Lipinski definition) is 6. The van der Waals surface area contributed by atoms with Crippen molar-refractivity contribution in [3.05, 3.63) is 59.7 Å². The van der Waals surface area contributed by atoms with E-state index in [1.807, 2.05) is 12.4 Å². The molecule has 2 aromatic heterocycles. The maximum Gasteiger partial charge on any atom is 0.123 e. The van der Waals surface area contributed by atoms with Crippen LogP contribution in [0.3, 0.4) is 0 Å². The van der Waals surface area contributed by atoms with Crippen molar-refractivity contribution in [1.29, 1.82) is 0 Å². The molecule has 4 heterocycles. The van der Waals surface area contributed by atoms with Crippen molar-refractivity contribution in [2.45, 2.75) is 162 Å². The number of allylic oxidation sites excluding steroid dienone is 1. The first kappa shape index (κ1) is 39.4. The number of rotatable bonds is 13. The topological polar surface area (TPSA) is 44.7 Å². The molecule has 302 valence electrons. The fourth-order valence-corrected chi connectivity index (χ4v) is 13.8. The monoisotopic (exact) mass is 750 g/mol. The summed E-state index contributed by atoms with van der Waals surface area (Å²) in [5.41, 5.74) is 6.21. The first-order chi connectivity index (χ1) is 26.5. The maximum atomic E-state index is 6.88. The minimum Gasteiger partial charge on any atom is -0.490 e. The lowest BCUT2D eigenvalue weighted by Gasteiger charge is -2.58. The molecule has 0 radical (unpaired) electrons. The van der Waals surface area contributed by atoms with E-state index in [2.05, 4.69) is 93.8 Å². The Balaban J connectivity index is 0.876. The predicted molar refractivity (Wildman–Crippen MR) is 227 cm³/mol. The summed E-state index contributed by atoms with van der Waals surface area (Å²) in [6, 6.07) is 9.90. The van der Waals surface area contributed by atoms with Crippen LogP contribution in [-0.4, -0.2) is 65.1 Å². The van der Waals surface area contributed by atoms with E-state index in [9.17, 15) is 0 Å². The van der Waals surface area contributed by atoms with Crippen molar-refractivity contribution in [1.82, 2.24) is 19.8 Å². The summed E-state index contributed by atoms with van der Waals surface area (Å²) in [5, 5.41) is 0. The van der Waals surface area contributed by atoms with E-state index in [1.54, 1.807) is 5.57 Å². The first-order valence-corrected chi connectivity index (χ1v) is 22.9. The zero-order valence-corrected chi connectivity index (χ0v) is 35.8. The fraction of sp³-hybridized carbons (Fsp3) is 0.755. The van der Waals surface area contributed by atoms with Gasteiger partial charge in [0.2, 0.25) is 0 Å². The number of pyridine rings is 2. The van der Waals surface area contributed by atoms with Gasteiger partial charge in [0.15, 0.2) is 0 Å². The summed E-state index contributed by atoms with van der Waals surface area (Å²) in [4.78, 5) is 17.3. The van der Waals surface area contributed by atoms with Gasteiger partial charge in [-0.2, -0.15) is 0 Å². The Morgan fingerprint density at radius 3 is 2.24 bits per heavy atom. The summed E-state index contributed by atoms with van der Waals surface area (Å²) in [5.74, 6) is 6.34. The normalized spacial score (nSPS) is 35.6. The van der Waals surface area contributed by atoms with Crippen LogP contribution in [-0.2, 0) is 13.1 Å². The Morgan fingerprint density at radius 1 is 0.818 bits per heavy atom. The molecule has 0 amide bonds. The smallest absolute Gasteiger partial charge is 0.123 e. The van der Waals surface area contributed by atoms with Gasteiger partial charge >= 0.3 is 0 Å². The second-order valence-corrected chi connectivity index (χ2v) is 20.5. The number of ether oxygens (including phenoxy) is 1. The van der Waals surface area contributed by atoms with Crippen LogP contribution in [0.1, 0.15) is 142 Å². The Labute approximate surface area is 335 Å². The van der Waals surface area contributed by atoms with Crippen molar-refractivity contribution in [2.24, 2.45) is 46.3 Å².